The Balaban J connectivity index is 2.30. The zero-order chi connectivity index (χ0) is 12.3. The molecule has 3 N–H and O–H groups in total. The summed E-state index contributed by atoms with van der Waals surface area (Å²) in [5.41, 5.74) is 6.20. The van der Waals surface area contributed by atoms with E-state index in [1.807, 2.05) is 30.3 Å². The lowest BCUT2D eigenvalue weighted by Gasteiger charge is -2.05. The molecule has 86 valence electrons. The van der Waals surface area contributed by atoms with Gasteiger partial charge >= 0.3 is 0 Å². The molecule has 0 saturated heterocycles. The molecule has 6 heteroatoms. The van der Waals surface area contributed by atoms with Crippen molar-refractivity contribution >= 4 is 23.0 Å². The first-order valence-corrected chi connectivity index (χ1v) is 4.89. The molecule has 1 aromatic heterocycles. The first-order valence-electron chi connectivity index (χ1n) is 4.89. The van der Waals surface area contributed by atoms with E-state index >= 15 is 0 Å². The van der Waals surface area contributed by atoms with Crippen LogP contribution >= 0.6 is 0 Å². The van der Waals surface area contributed by atoms with Crippen LogP contribution in [0.4, 0.5) is 23.0 Å². The molecule has 0 unspecified atom stereocenters. The van der Waals surface area contributed by atoms with Gasteiger partial charge in [0.2, 0.25) is 0 Å². The number of nitrogens with two attached hydrogens (primary N) is 1. The minimum atomic E-state index is -0.506. The molecule has 2 rings (SSSR count). The molecule has 0 aliphatic rings. The molecule has 0 amide bonds. The summed E-state index contributed by atoms with van der Waals surface area (Å²) < 4.78 is 0. The lowest BCUT2D eigenvalue weighted by Crippen LogP contribution is -1.99. The Morgan fingerprint density at radius 1 is 1.24 bits per heavy atom. The molecule has 17 heavy (non-hydrogen) atoms. The normalized spacial score (nSPS) is 9.88. The first kappa shape index (κ1) is 10.9. The molecular weight excluding hydrogens is 220 g/mol. The number of nitro groups is 1. The van der Waals surface area contributed by atoms with Gasteiger partial charge in [-0.25, -0.2) is 4.98 Å². The minimum absolute atomic E-state index is 0.0871. The zero-order valence-corrected chi connectivity index (χ0v) is 8.83. The van der Waals surface area contributed by atoms with Crippen molar-refractivity contribution in [3.8, 4) is 0 Å². The summed E-state index contributed by atoms with van der Waals surface area (Å²) >= 11 is 0. The molecule has 0 aliphatic heterocycles. The van der Waals surface area contributed by atoms with Crippen molar-refractivity contribution in [3.63, 3.8) is 0 Å². The van der Waals surface area contributed by atoms with Crippen LogP contribution in [0.2, 0.25) is 0 Å². The van der Waals surface area contributed by atoms with Gasteiger partial charge in [-0.3, -0.25) is 10.1 Å². The Morgan fingerprint density at radius 3 is 2.59 bits per heavy atom. The number of nitrogen functional groups attached to an aromatic ring is 1. The Bertz CT molecular complexity index is 542. The van der Waals surface area contributed by atoms with Crippen LogP contribution in [0.1, 0.15) is 0 Å². The zero-order valence-electron chi connectivity index (χ0n) is 8.83. The summed E-state index contributed by atoms with van der Waals surface area (Å²) in [5.74, 6) is 0.459. The summed E-state index contributed by atoms with van der Waals surface area (Å²) in [4.78, 5) is 14.1. The van der Waals surface area contributed by atoms with Crippen molar-refractivity contribution in [2.24, 2.45) is 0 Å². The summed E-state index contributed by atoms with van der Waals surface area (Å²) in [6.07, 6.45) is 0. The number of hydrogen-bond donors (Lipinski definition) is 2. The van der Waals surface area contributed by atoms with Gasteiger partial charge < -0.3 is 11.1 Å². The Morgan fingerprint density at radius 2 is 1.94 bits per heavy atom. The third kappa shape index (κ3) is 2.69. The highest BCUT2D eigenvalue weighted by molar-refractivity contribution is 5.61. The smallest absolute Gasteiger partial charge is 0.276 e. The predicted octanol–water partition coefficient (Wildman–Crippen LogP) is 2.32. The summed E-state index contributed by atoms with van der Waals surface area (Å²) in [6.45, 7) is 0. The molecule has 0 fully saturated rings. The van der Waals surface area contributed by atoms with Gasteiger partial charge in [-0.1, -0.05) is 18.2 Å². The second kappa shape index (κ2) is 4.48. The lowest BCUT2D eigenvalue weighted by molar-refractivity contribution is -0.384. The van der Waals surface area contributed by atoms with E-state index in [-0.39, 0.29) is 11.5 Å². The van der Waals surface area contributed by atoms with E-state index < -0.39 is 4.92 Å². The van der Waals surface area contributed by atoms with Crippen molar-refractivity contribution in [3.05, 3.63) is 52.6 Å². The number of anilines is 3. The van der Waals surface area contributed by atoms with Crippen molar-refractivity contribution in [1.82, 2.24) is 4.98 Å². The Kier molecular flexibility index (Phi) is 2.87. The van der Waals surface area contributed by atoms with Crippen LogP contribution in [-0.4, -0.2) is 9.91 Å². The van der Waals surface area contributed by atoms with Crippen LogP contribution in [-0.2, 0) is 0 Å². The maximum Gasteiger partial charge on any atom is 0.276 e. The van der Waals surface area contributed by atoms with Crippen LogP contribution < -0.4 is 11.1 Å². The van der Waals surface area contributed by atoms with Gasteiger partial charge in [0.05, 0.1) is 17.1 Å². The number of pyridine rings is 1. The largest absolute Gasteiger partial charge is 0.383 e. The maximum absolute atomic E-state index is 10.7. The molecule has 0 saturated carbocycles. The standard InChI is InChI=1S/C11H10N4O2/c12-10-6-9(15(16)17)7-11(14-10)13-8-4-2-1-3-5-8/h1-7H,(H3,12,13,14). The van der Waals surface area contributed by atoms with Crippen molar-refractivity contribution in [2.45, 2.75) is 0 Å². The van der Waals surface area contributed by atoms with E-state index in [2.05, 4.69) is 10.3 Å². The SMILES string of the molecule is Nc1cc([N+](=O)[O-])cc(Nc2ccccc2)n1. The summed E-state index contributed by atoms with van der Waals surface area (Å²) in [7, 11) is 0. The average molecular weight is 230 g/mol. The molecule has 0 radical (unpaired) electrons. The van der Waals surface area contributed by atoms with Gasteiger partial charge in [-0.15, -0.1) is 0 Å². The fourth-order valence-electron chi connectivity index (χ4n) is 1.38. The number of nitrogens with zero attached hydrogens (tertiary/aromatic N) is 2. The highest BCUT2D eigenvalue weighted by Gasteiger charge is 2.09. The number of aromatic nitrogens is 1. The Hall–Kier alpha value is -2.63. The summed E-state index contributed by atoms with van der Waals surface area (Å²) in [5, 5.41) is 13.6. The van der Waals surface area contributed by atoms with Gasteiger partial charge in [0, 0.05) is 5.69 Å². The maximum atomic E-state index is 10.7. The predicted molar refractivity (Wildman–Crippen MR) is 65.0 cm³/mol. The van der Waals surface area contributed by atoms with Gasteiger partial charge in [-0.2, -0.15) is 0 Å². The second-order valence-corrected chi connectivity index (χ2v) is 3.38. The van der Waals surface area contributed by atoms with E-state index in [4.69, 9.17) is 5.73 Å². The van der Waals surface area contributed by atoms with Crippen molar-refractivity contribution in [1.29, 1.82) is 0 Å². The van der Waals surface area contributed by atoms with Crippen molar-refractivity contribution < 1.29 is 4.92 Å². The van der Waals surface area contributed by atoms with Crippen LogP contribution in [0.15, 0.2) is 42.5 Å². The van der Waals surface area contributed by atoms with Gasteiger partial charge in [0.25, 0.3) is 5.69 Å². The first-order chi connectivity index (χ1) is 8.15. The van der Waals surface area contributed by atoms with E-state index in [1.54, 1.807) is 0 Å². The Labute approximate surface area is 97.3 Å². The van der Waals surface area contributed by atoms with Crippen LogP contribution in [0.25, 0.3) is 0 Å². The van der Waals surface area contributed by atoms with E-state index in [0.29, 0.717) is 5.82 Å². The molecule has 1 aromatic carbocycles. The number of hydrogen-bond acceptors (Lipinski definition) is 5. The number of para-hydroxylation sites is 1. The fraction of sp³-hybridized carbons (Fsp3) is 0. The number of benzene rings is 1. The second-order valence-electron chi connectivity index (χ2n) is 3.38. The topological polar surface area (TPSA) is 94.1 Å². The van der Waals surface area contributed by atoms with Gasteiger partial charge in [0.1, 0.15) is 11.6 Å². The van der Waals surface area contributed by atoms with Gasteiger partial charge in [-0.05, 0) is 12.1 Å². The van der Waals surface area contributed by atoms with E-state index in [9.17, 15) is 10.1 Å². The average Bonchev–Trinajstić information content (AvgIpc) is 2.29. The van der Waals surface area contributed by atoms with E-state index in [1.165, 1.54) is 12.1 Å². The third-order valence-corrected chi connectivity index (χ3v) is 2.09. The molecule has 1 heterocycles. The monoisotopic (exact) mass is 230 g/mol. The van der Waals surface area contributed by atoms with Crippen molar-refractivity contribution in [2.75, 3.05) is 11.1 Å². The molecular formula is C11H10N4O2. The number of nitrogens with one attached hydrogen (secondary N) is 1. The van der Waals surface area contributed by atoms with Crippen LogP contribution in [0, 0.1) is 10.1 Å². The number of rotatable bonds is 3. The molecule has 0 aliphatic carbocycles. The highest BCUT2D eigenvalue weighted by atomic mass is 16.6. The van der Waals surface area contributed by atoms with Crippen LogP contribution in [0.5, 0.6) is 0 Å². The summed E-state index contributed by atoms with van der Waals surface area (Å²) in [6, 6.07) is 11.8. The third-order valence-electron chi connectivity index (χ3n) is 2.09. The molecule has 0 bridgehead atoms. The minimum Gasteiger partial charge on any atom is -0.383 e. The fourth-order valence-corrected chi connectivity index (χ4v) is 1.38. The molecule has 0 atom stereocenters. The molecule has 6 nitrogen and oxygen atoms in total. The molecule has 2 aromatic rings. The lowest BCUT2D eigenvalue weighted by atomic mass is 10.3. The van der Waals surface area contributed by atoms with Crippen LogP contribution in [0.3, 0.4) is 0 Å². The highest BCUT2D eigenvalue weighted by Crippen LogP contribution is 2.21. The molecule has 0 spiro atoms. The quantitative estimate of drug-likeness (QED) is 0.623. The van der Waals surface area contributed by atoms with E-state index in [0.717, 1.165) is 5.69 Å². The van der Waals surface area contributed by atoms with Gasteiger partial charge in [0.15, 0.2) is 0 Å².